The van der Waals surface area contributed by atoms with Gasteiger partial charge in [0.15, 0.2) is 0 Å². The van der Waals surface area contributed by atoms with Crippen LogP contribution >= 0.6 is 12.4 Å². The molecule has 3 nitrogen and oxygen atoms in total. The molecule has 0 atom stereocenters. The molecule has 0 aliphatic rings. The zero-order valence-corrected chi connectivity index (χ0v) is 13.0. The Morgan fingerprint density at radius 2 is 1.61 bits per heavy atom. The summed E-state index contributed by atoms with van der Waals surface area (Å²) in [6.07, 6.45) is 0. The van der Waals surface area contributed by atoms with Crippen LogP contribution in [0.4, 0.5) is 11.4 Å². The minimum atomic E-state index is 0. The fraction of sp³-hybridized carbons (Fsp3) is 0.538. The van der Waals surface area contributed by atoms with Crippen molar-refractivity contribution in [3.05, 3.63) is 24.3 Å². The summed E-state index contributed by atoms with van der Waals surface area (Å²) in [6.45, 7) is 9.00. The van der Waals surface area contributed by atoms with Crippen molar-refractivity contribution in [3.63, 3.8) is 0 Å². The summed E-state index contributed by atoms with van der Waals surface area (Å²) in [5.74, 6) is 0. The van der Waals surface area contributed by atoms with Crippen molar-refractivity contribution in [3.8, 4) is 0 Å². The van der Waals surface area contributed by atoms with Gasteiger partial charge in [0.05, 0.1) is 33.2 Å². The highest BCUT2D eigenvalue weighted by Crippen LogP contribution is 2.10. The quantitative estimate of drug-likeness (QED) is 0.553. The van der Waals surface area contributed by atoms with Gasteiger partial charge in [0.25, 0.3) is 0 Å². The van der Waals surface area contributed by atoms with Gasteiger partial charge in [-0.3, -0.25) is 0 Å². The molecule has 1 rings (SSSR count). The maximum atomic E-state index is 5.64. The molecule has 0 bridgehead atoms. The number of rotatable bonds is 6. The minimum absolute atomic E-state index is 0. The Kier molecular flexibility index (Phi) is 10.2. The summed E-state index contributed by atoms with van der Waals surface area (Å²) >= 11 is 0. The van der Waals surface area contributed by atoms with E-state index in [0.717, 1.165) is 28.9 Å². The average molecular weight is 294 g/mol. The van der Waals surface area contributed by atoms with Crippen LogP contribution in [-0.2, 0) is 0 Å². The third-order valence-corrected chi connectivity index (χ3v) is 3.42. The van der Waals surface area contributed by atoms with E-state index >= 15 is 0 Å². The van der Waals surface area contributed by atoms with E-state index < -0.39 is 0 Å². The fourth-order valence-electron chi connectivity index (χ4n) is 1.61. The van der Waals surface area contributed by atoms with Gasteiger partial charge in [-0.25, -0.2) is 0 Å². The van der Waals surface area contributed by atoms with Crippen molar-refractivity contribution in [2.75, 3.05) is 44.3 Å². The molecule has 0 heterocycles. The van der Waals surface area contributed by atoms with Gasteiger partial charge in [0.1, 0.15) is 0 Å². The highest BCUT2D eigenvalue weighted by molar-refractivity contribution is 5.85. The predicted molar refractivity (Wildman–Crippen MR) is 78.7 cm³/mol. The van der Waals surface area contributed by atoms with Gasteiger partial charge in [-0.15, -0.1) is 12.4 Å². The van der Waals surface area contributed by atoms with Crippen LogP contribution in [0, 0.1) is 0 Å². The van der Waals surface area contributed by atoms with Crippen LogP contribution in [0.5, 0.6) is 0 Å². The first kappa shape index (κ1) is 19.7. The number of benzene rings is 1. The summed E-state index contributed by atoms with van der Waals surface area (Å²) in [6, 6.07) is 7.90. The van der Waals surface area contributed by atoms with E-state index in [1.54, 1.807) is 0 Å². The molecule has 0 amide bonds. The van der Waals surface area contributed by atoms with Crippen molar-refractivity contribution in [2.24, 2.45) is 0 Å². The number of nitrogens with two attached hydrogens (primary N) is 1. The van der Waals surface area contributed by atoms with E-state index in [-0.39, 0.29) is 24.8 Å². The van der Waals surface area contributed by atoms with E-state index in [4.69, 9.17) is 5.73 Å². The lowest BCUT2D eigenvalue weighted by Gasteiger charge is -2.32. The van der Waals surface area contributed by atoms with Crippen LogP contribution in [0.1, 0.15) is 13.8 Å². The van der Waals surface area contributed by atoms with Crippen molar-refractivity contribution >= 4 is 23.8 Å². The largest absolute Gasteiger partial charge is 1.00 e. The van der Waals surface area contributed by atoms with Gasteiger partial charge in [-0.05, 0) is 38.1 Å². The summed E-state index contributed by atoms with van der Waals surface area (Å²) in [4.78, 5) is 0. The third-order valence-electron chi connectivity index (χ3n) is 3.42. The van der Waals surface area contributed by atoms with Gasteiger partial charge >= 0.3 is 0 Å². The number of nitrogen functional groups attached to an aromatic ring is 1. The Morgan fingerprint density at radius 1 is 1.11 bits per heavy atom. The molecule has 0 aliphatic heterocycles. The molecular weight excluding hydrogens is 269 g/mol. The highest BCUT2D eigenvalue weighted by Gasteiger charge is 2.14. The molecule has 0 fully saturated rings. The molecule has 0 saturated carbocycles. The highest BCUT2D eigenvalue weighted by atomic mass is 35.5. The molecule has 0 radical (unpaired) electrons. The molecule has 0 saturated heterocycles. The Morgan fingerprint density at radius 3 is 2.06 bits per heavy atom. The van der Waals surface area contributed by atoms with Crippen molar-refractivity contribution in [1.29, 1.82) is 0 Å². The van der Waals surface area contributed by atoms with E-state index in [2.05, 4.69) is 26.2 Å². The monoisotopic (exact) mass is 293 g/mol. The van der Waals surface area contributed by atoms with Crippen LogP contribution in [0.15, 0.2) is 24.3 Å². The Balaban J connectivity index is 0. The number of hydrogen-bond donors (Lipinski definition) is 2. The average Bonchev–Trinajstić information content (AvgIpc) is 2.31. The second-order valence-corrected chi connectivity index (χ2v) is 4.52. The number of nitrogens with zero attached hydrogens (tertiary/aromatic N) is 1. The third kappa shape index (κ3) is 6.34. The second-order valence-electron chi connectivity index (χ2n) is 4.52. The molecule has 0 spiro atoms. The van der Waals surface area contributed by atoms with Crippen LogP contribution < -0.4 is 23.5 Å². The molecule has 1 aromatic carbocycles. The van der Waals surface area contributed by atoms with E-state index in [1.807, 2.05) is 24.3 Å². The second kappa shape index (κ2) is 9.31. The topological polar surface area (TPSA) is 38.0 Å². The standard InChI is InChI=1S/C13H24N3.2ClH/c1-4-16(3,5-2)11-10-15-13-8-6-12(14)7-9-13;;/h6-9,15H,4-5,10-11,14H2,1-3H3;2*1H/q+1;;/p-1. The normalized spacial score (nSPS) is 10.2. The molecule has 5 heteroatoms. The lowest BCUT2D eigenvalue weighted by atomic mass is 10.3. The first-order valence-corrected chi connectivity index (χ1v) is 6.02. The maximum Gasteiger partial charge on any atom is 0.0959 e. The minimum Gasteiger partial charge on any atom is -1.00 e. The van der Waals surface area contributed by atoms with E-state index in [0.29, 0.717) is 0 Å². The Labute approximate surface area is 123 Å². The molecule has 0 aromatic heterocycles. The molecule has 0 unspecified atom stereocenters. The summed E-state index contributed by atoms with van der Waals surface area (Å²) < 4.78 is 1.11. The van der Waals surface area contributed by atoms with Gasteiger partial charge in [0.2, 0.25) is 0 Å². The number of hydrogen-bond acceptors (Lipinski definition) is 2. The summed E-state index contributed by atoms with van der Waals surface area (Å²) in [7, 11) is 2.30. The SMILES string of the molecule is CC[N+](C)(CC)CCNc1ccc(N)cc1.Cl.[Cl-]. The molecule has 1 aromatic rings. The number of halogens is 2. The number of anilines is 2. The Bertz CT molecular complexity index is 311. The number of nitrogens with one attached hydrogen (secondary N) is 1. The fourth-order valence-corrected chi connectivity index (χ4v) is 1.61. The lowest BCUT2D eigenvalue weighted by Crippen LogP contribution is -3.00. The first-order chi connectivity index (χ1) is 7.59. The van der Waals surface area contributed by atoms with Crippen molar-refractivity contribution < 1.29 is 16.9 Å². The van der Waals surface area contributed by atoms with Crippen LogP contribution in [0.3, 0.4) is 0 Å². The van der Waals surface area contributed by atoms with Crippen LogP contribution in [-0.4, -0.2) is 37.7 Å². The van der Waals surface area contributed by atoms with Crippen LogP contribution in [0.2, 0.25) is 0 Å². The first-order valence-electron chi connectivity index (χ1n) is 6.02. The van der Waals surface area contributed by atoms with Gasteiger partial charge in [-0.1, -0.05) is 0 Å². The maximum absolute atomic E-state index is 5.64. The molecule has 3 N–H and O–H groups in total. The van der Waals surface area contributed by atoms with Gasteiger partial charge < -0.3 is 27.9 Å². The summed E-state index contributed by atoms with van der Waals surface area (Å²) in [5.41, 5.74) is 7.60. The van der Waals surface area contributed by atoms with Gasteiger partial charge in [-0.2, -0.15) is 0 Å². The van der Waals surface area contributed by atoms with E-state index in [9.17, 15) is 0 Å². The molecular formula is C13H25Cl2N3. The van der Waals surface area contributed by atoms with Crippen LogP contribution in [0.25, 0.3) is 0 Å². The number of likely N-dealkylation sites (N-methyl/N-ethyl adjacent to an activating group) is 1. The van der Waals surface area contributed by atoms with E-state index in [1.165, 1.54) is 13.1 Å². The van der Waals surface area contributed by atoms with Gasteiger partial charge in [0, 0.05) is 11.4 Å². The smallest absolute Gasteiger partial charge is 0.0959 e. The molecule has 18 heavy (non-hydrogen) atoms. The van der Waals surface area contributed by atoms with Crippen molar-refractivity contribution in [2.45, 2.75) is 13.8 Å². The number of quaternary nitrogens is 1. The zero-order valence-electron chi connectivity index (χ0n) is 11.4. The molecule has 106 valence electrons. The molecule has 0 aliphatic carbocycles. The van der Waals surface area contributed by atoms with Crippen molar-refractivity contribution in [1.82, 2.24) is 0 Å². The Hall–Kier alpha value is -0.640. The zero-order chi connectivity index (χ0) is 12.0. The summed E-state index contributed by atoms with van der Waals surface area (Å²) in [5, 5.41) is 3.42. The predicted octanol–water partition coefficient (Wildman–Crippen LogP) is -0.407. The lowest BCUT2D eigenvalue weighted by molar-refractivity contribution is -0.904.